The molecule has 1 heterocycles. The molecule has 152 valence electrons. The lowest BCUT2D eigenvalue weighted by molar-refractivity contribution is -0.123. The number of hydrazone groups is 1. The molecule has 0 saturated carbocycles. The van der Waals surface area contributed by atoms with Gasteiger partial charge in [0.1, 0.15) is 6.61 Å². The van der Waals surface area contributed by atoms with E-state index >= 15 is 0 Å². The van der Waals surface area contributed by atoms with Gasteiger partial charge in [-0.05, 0) is 65.7 Å². The minimum absolute atomic E-state index is 0.0971. The number of amides is 2. The summed E-state index contributed by atoms with van der Waals surface area (Å²) in [6, 6.07) is 12.1. The molecular weight excluding hydrogens is 448 g/mol. The summed E-state index contributed by atoms with van der Waals surface area (Å²) in [4.78, 5) is 25.5. The van der Waals surface area contributed by atoms with Crippen LogP contribution < -0.4 is 9.47 Å². The third-order valence-corrected chi connectivity index (χ3v) is 4.81. The van der Waals surface area contributed by atoms with Crippen molar-refractivity contribution >= 4 is 39.5 Å². The highest BCUT2D eigenvalue weighted by molar-refractivity contribution is 9.10. The molecule has 0 spiro atoms. The van der Waals surface area contributed by atoms with Crippen molar-refractivity contribution in [3.8, 4) is 23.8 Å². The summed E-state index contributed by atoms with van der Waals surface area (Å²) in [5, 5.41) is 5.04. The molecule has 7 heteroatoms. The Hall–Kier alpha value is -3.37. The van der Waals surface area contributed by atoms with Crippen LogP contribution in [0.15, 0.2) is 57.6 Å². The molecule has 0 atom stereocenters. The second-order valence-electron chi connectivity index (χ2n) is 6.29. The van der Waals surface area contributed by atoms with Crippen molar-refractivity contribution in [2.24, 2.45) is 5.10 Å². The largest absolute Gasteiger partial charge is 0.490 e. The number of terminal acetylenes is 1. The first kappa shape index (κ1) is 21.3. The predicted molar refractivity (Wildman–Crippen MR) is 118 cm³/mol. The third kappa shape index (κ3) is 4.44. The number of carbonyl (C=O) groups excluding carboxylic acids is 2. The highest BCUT2D eigenvalue weighted by Gasteiger charge is 2.33. The summed E-state index contributed by atoms with van der Waals surface area (Å²) in [6.07, 6.45) is 6.94. The van der Waals surface area contributed by atoms with Gasteiger partial charge in [0.25, 0.3) is 11.8 Å². The Morgan fingerprint density at radius 1 is 1.27 bits per heavy atom. The van der Waals surface area contributed by atoms with Crippen LogP contribution in [0.4, 0.5) is 0 Å². The Labute approximate surface area is 183 Å². The second kappa shape index (κ2) is 9.42. The monoisotopic (exact) mass is 466 g/mol. The molecule has 2 aromatic carbocycles. The van der Waals surface area contributed by atoms with Gasteiger partial charge in [-0.25, -0.2) is 0 Å². The van der Waals surface area contributed by atoms with Crippen LogP contribution in [-0.4, -0.2) is 35.7 Å². The van der Waals surface area contributed by atoms with Crippen LogP contribution in [-0.2, 0) is 4.79 Å². The predicted octanol–water partition coefficient (Wildman–Crippen LogP) is 4.30. The van der Waals surface area contributed by atoms with E-state index < -0.39 is 11.8 Å². The third-order valence-electron chi connectivity index (χ3n) is 4.22. The van der Waals surface area contributed by atoms with Crippen LogP contribution in [0.1, 0.15) is 29.8 Å². The molecule has 0 bridgehead atoms. The maximum atomic E-state index is 12.9. The average Bonchev–Trinajstić information content (AvgIpc) is 3.02. The zero-order valence-electron chi connectivity index (χ0n) is 16.5. The fraction of sp³-hybridized carbons (Fsp3) is 0.174. The van der Waals surface area contributed by atoms with Crippen molar-refractivity contribution in [3.05, 3.63) is 63.6 Å². The van der Waals surface area contributed by atoms with Gasteiger partial charge in [-0.1, -0.05) is 24.1 Å². The molecule has 0 unspecified atom stereocenters. The highest BCUT2D eigenvalue weighted by Crippen LogP contribution is 2.38. The summed E-state index contributed by atoms with van der Waals surface area (Å²) < 4.78 is 11.9. The van der Waals surface area contributed by atoms with E-state index in [4.69, 9.17) is 15.9 Å². The molecule has 1 aliphatic heterocycles. The van der Waals surface area contributed by atoms with Crippen molar-refractivity contribution in [2.75, 3.05) is 13.2 Å². The molecular formula is C23H19BrN2O4. The Morgan fingerprint density at radius 2 is 2.00 bits per heavy atom. The topological polar surface area (TPSA) is 68.2 Å². The minimum atomic E-state index is -0.483. The summed E-state index contributed by atoms with van der Waals surface area (Å²) >= 11 is 3.46. The summed E-state index contributed by atoms with van der Waals surface area (Å²) in [5.74, 6) is 2.44. The quantitative estimate of drug-likeness (QED) is 0.361. The first-order chi connectivity index (χ1) is 14.5. The molecule has 0 N–H and O–H groups in total. The molecule has 30 heavy (non-hydrogen) atoms. The van der Waals surface area contributed by atoms with Gasteiger partial charge >= 0.3 is 0 Å². The first-order valence-corrected chi connectivity index (χ1v) is 9.99. The van der Waals surface area contributed by atoms with E-state index in [0.717, 1.165) is 5.01 Å². The zero-order valence-corrected chi connectivity index (χ0v) is 18.1. The van der Waals surface area contributed by atoms with Crippen molar-refractivity contribution < 1.29 is 19.1 Å². The van der Waals surface area contributed by atoms with E-state index in [1.807, 2.05) is 6.92 Å². The van der Waals surface area contributed by atoms with Crippen LogP contribution in [0, 0.1) is 12.3 Å². The summed E-state index contributed by atoms with van der Waals surface area (Å²) in [6.45, 7) is 4.07. The second-order valence-corrected chi connectivity index (χ2v) is 7.14. The average molecular weight is 467 g/mol. The molecule has 3 rings (SSSR count). The molecule has 0 saturated heterocycles. The number of imide groups is 1. The molecule has 2 aromatic rings. The number of benzene rings is 2. The Kier molecular flexibility index (Phi) is 6.70. The van der Waals surface area contributed by atoms with Gasteiger partial charge in [-0.15, -0.1) is 6.42 Å². The van der Waals surface area contributed by atoms with E-state index in [1.165, 1.54) is 0 Å². The molecule has 6 nitrogen and oxygen atoms in total. The first-order valence-electron chi connectivity index (χ1n) is 9.20. The molecule has 1 aliphatic rings. The Bertz CT molecular complexity index is 1080. The Balaban J connectivity index is 1.93. The van der Waals surface area contributed by atoms with Crippen LogP contribution >= 0.6 is 15.9 Å². The number of nitrogens with zero attached hydrogens (tertiary/aromatic N) is 2. The lowest BCUT2D eigenvalue weighted by Gasteiger charge is -2.13. The maximum Gasteiger partial charge on any atom is 0.283 e. The van der Waals surface area contributed by atoms with E-state index in [1.54, 1.807) is 55.5 Å². The van der Waals surface area contributed by atoms with Crippen molar-refractivity contribution in [3.63, 3.8) is 0 Å². The molecule has 0 fully saturated rings. The number of carbonyl (C=O) groups is 2. The standard InChI is InChI=1S/C23H19BrN2O4/c1-4-11-30-21-19(24)13-16(14-20(21)29-5-2)12-18-15(3)25-26(23(18)28)22(27)17-9-7-6-8-10-17/h1,6-10,12-14H,5,11H2,2-3H3/b18-12+. The fourth-order valence-corrected chi connectivity index (χ4v) is 3.45. The van der Waals surface area contributed by atoms with E-state index in [-0.39, 0.29) is 6.61 Å². The van der Waals surface area contributed by atoms with Crippen molar-refractivity contribution in [2.45, 2.75) is 13.8 Å². The smallest absolute Gasteiger partial charge is 0.283 e. The lowest BCUT2D eigenvalue weighted by atomic mass is 10.1. The minimum Gasteiger partial charge on any atom is -0.490 e. The highest BCUT2D eigenvalue weighted by atomic mass is 79.9. The van der Waals surface area contributed by atoms with Crippen LogP contribution in [0.3, 0.4) is 0 Å². The van der Waals surface area contributed by atoms with E-state index in [9.17, 15) is 9.59 Å². The number of hydrogen-bond acceptors (Lipinski definition) is 5. The van der Waals surface area contributed by atoms with Crippen LogP contribution in [0.25, 0.3) is 6.08 Å². The summed E-state index contributed by atoms with van der Waals surface area (Å²) in [7, 11) is 0. The fourth-order valence-electron chi connectivity index (χ4n) is 2.88. The van der Waals surface area contributed by atoms with E-state index in [0.29, 0.717) is 45.0 Å². The molecule has 0 radical (unpaired) electrons. The lowest BCUT2D eigenvalue weighted by Crippen LogP contribution is -2.29. The number of rotatable bonds is 6. The van der Waals surface area contributed by atoms with E-state index in [2.05, 4.69) is 27.0 Å². The van der Waals surface area contributed by atoms with Crippen molar-refractivity contribution in [1.82, 2.24) is 5.01 Å². The van der Waals surface area contributed by atoms with Gasteiger partial charge in [0.2, 0.25) is 0 Å². The summed E-state index contributed by atoms with van der Waals surface area (Å²) in [5.41, 5.74) is 1.85. The number of halogens is 1. The normalized spacial score (nSPS) is 14.5. The Morgan fingerprint density at radius 3 is 2.67 bits per heavy atom. The van der Waals surface area contributed by atoms with Crippen LogP contribution in [0.2, 0.25) is 0 Å². The maximum absolute atomic E-state index is 12.9. The zero-order chi connectivity index (χ0) is 21.7. The van der Waals surface area contributed by atoms with Crippen molar-refractivity contribution in [1.29, 1.82) is 0 Å². The van der Waals surface area contributed by atoms with Crippen LogP contribution in [0.5, 0.6) is 11.5 Å². The SMILES string of the molecule is C#CCOc1c(Br)cc(/C=C2/C(=O)N(C(=O)c3ccccc3)N=C2C)cc1OCC. The van der Waals surface area contributed by atoms with Gasteiger partial charge in [0.05, 0.1) is 22.4 Å². The van der Waals surface area contributed by atoms with Gasteiger partial charge in [0, 0.05) is 5.56 Å². The molecule has 0 aromatic heterocycles. The van der Waals surface area contributed by atoms with Gasteiger partial charge < -0.3 is 9.47 Å². The van der Waals surface area contributed by atoms with Gasteiger partial charge in [-0.3, -0.25) is 9.59 Å². The molecule has 0 aliphatic carbocycles. The number of hydrogen-bond donors (Lipinski definition) is 0. The number of ether oxygens (including phenoxy) is 2. The van der Waals surface area contributed by atoms with Gasteiger partial charge in [-0.2, -0.15) is 10.1 Å². The van der Waals surface area contributed by atoms with Gasteiger partial charge in [0.15, 0.2) is 11.5 Å². The molecule has 2 amide bonds.